The fraction of sp³-hybridized carbons (Fsp3) is 0. The number of anilines is 1. The summed E-state index contributed by atoms with van der Waals surface area (Å²) in [7, 11) is 0. The Hall–Kier alpha value is -2.23. The number of fused-ring (bicyclic) bond motifs is 1. The van der Waals surface area contributed by atoms with Gasteiger partial charge in [-0.05, 0) is 0 Å². The SMILES string of the molecule is Nc1ncnc2nc(-c3ccc([AsH2])cc3)cc(-c3cccc(Br)c3)c12. The van der Waals surface area contributed by atoms with Crippen molar-refractivity contribution in [2.24, 2.45) is 0 Å². The fourth-order valence-corrected chi connectivity index (χ4v) is 3.58. The first kappa shape index (κ1) is 16.2. The Labute approximate surface area is 162 Å². The third kappa shape index (κ3) is 3.17. The van der Waals surface area contributed by atoms with Crippen LogP contribution in [0.3, 0.4) is 0 Å². The quantitative estimate of drug-likeness (QED) is 0.475. The molecule has 0 aliphatic rings. The molecule has 0 amide bonds. The van der Waals surface area contributed by atoms with Gasteiger partial charge in [0, 0.05) is 0 Å². The van der Waals surface area contributed by atoms with E-state index in [0.29, 0.717) is 11.5 Å². The summed E-state index contributed by atoms with van der Waals surface area (Å²) in [4.78, 5) is 13.2. The van der Waals surface area contributed by atoms with Crippen LogP contribution < -0.4 is 10.1 Å². The van der Waals surface area contributed by atoms with Crippen LogP contribution in [-0.4, -0.2) is 31.8 Å². The fourth-order valence-electron chi connectivity index (χ4n) is 2.77. The van der Waals surface area contributed by atoms with Crippen LogP contribution >= 0.6 is 15.9 Å². The van der Waals surface area contributed by atoms with Crippen LogP contribution in [0, 0.1) is 0 Å². The second-order valence-corrected chi connectivity index (χ2v) is 7.96. The van der Waals surface area contributed by atoms with Gasteiger partial charge in [-0.15, -0.1) is 0 Å². The second kappa shape index (κ2) is 6.58. The van der Waals surface area contributed by atoms with Crippen LogP contribution in [0.1, 0.15) is 0 Å². The summed E-state index contributed by atoms with van der Waals surface area (Å²) in [5, 5.41) is 0.778. The molecule has 0 fully saturated rings. The van der Waals surface area contributed by atoms with Gasteiger partial charge in [0.15, 0.2) is 0 Å². The number of hydrogen-bond donors (Lipinski definition) is 1. The molecule has 0 aliphatic carbocycles. The Balaban J connectivity index is 2.03. The summed E-state index contributed by atoms with van der Waals surface area (Å²) in [6, 6.07) is 18.5. The maximum atomic E-state index is 6.14. The standard InChI is InChI=1S/C19H14AsBrN4/c20-13-6-4-11(5-7-13)16-9-15(12-2-1-3-14(21)8-12)17-18(22)23-10-24-19(17)25-16/h1-10H,20H2,(H2,22,23,24,25). The van der Waals surface area contributed by atoms with E-state index in [1.807, 2.05) is 18.2 Å². The number of hydrogen-bond acceptors (Lipinski definition) is 4. The summed E-state index contributed by atoms with van der Waals surface area (Å²) in [5.41, 5.74) is 10.7. The molecule has 0 saturated carbocycles. The molecule has 2 aromatic carbocycles. The van der Waals surface area contributed by atoms with E-state index in [2.05, 4.69) is 62.3 Å². The van der Waals surface area contributed by atoms with Gasteiger partial charge in [-0.25, -0.2) is 0 Å². The summed E-state index contributed by atoms with van der Waals surface area (Å²) in [6.07, 6.45) is 1.46. The monoisotopic (exact) mass is 452 g/mol. The summed E-state index contributed by atoms with van der Waals surface area (Å²) in [5.74, 6) is 0.436. The molecular formula is C19H14AsBrN4. The number of rotatable bonds is 2. The zero-order valence-corrected chi connectivity index (χ0v) is 17.2. The number of benzene rings is 2. The number of pyridine rings is 1. The molecule has 2 N–H and O–H groups in total. The predicted octanol–water partition coefficient (Wildman–Crippen LogP) is 2.96. The first-order valence-electron chi connectivity index (χ1n) is 7.65. The third-order valence-corrected chi connectivity index (χ3v) is 5.28. The first-order valence-corrected chi connectivity index (χ1v) is 9.65. The van der Waals surface area contributed by atoms with Gasteiger partial charge in [0.1, 0.15) is 0 Å². The van der Waals surface area contributed by atoms with E-state index in [9.17, 15) is 0 Å². The van der Waals surface area contributed by atoms with E-state index in [0.717, 1.165) is 32.2 Å². The normalized spacial score (nSPS) is 11.0. The Morgan fingerprint density at radius 3 is 2.48 bits per heavy atom. The number of nitrogens with zero attached hydrogens (tertiary/aromatic N) is 3. The number of nitrogen functional groups attached to an aromatic ring is 1. The molecular weight excluding hydrogens is 439 g/mol. The van der Waals surface area contributed by atoms with Gasteiger partial charge in [0.2, 0.25) is 0 Å². The van der Waals surface area contributed by atoms with E-state index in [1.54, 1.807) is 16.9 Å². The zero-order valence-electron chi connectivity index (χ0n) is 13.1. The molecule has 1 unspecified atom stereocenters. The Bertz CT molecular complexity index is 1080. The molecule has 6 heteroatoms. The number of halogens is 1. The van der Waals surface area contributed by atoms with Crippen molar-refractivity contribution < 1.29 is 0 Å². The van der Waals surface area contributed by atoms with Crippen molar-refractivity contribution in [2.75, 3.05) is 5.73 Å². The third-order valence-electron chi connectivity index (χ3n) is 3.98. The predicted molar refractivity (Wildman–Crippen MR) is 108 cm³/mol. The van der Waals surface area contributed by atoms with Crippen LogP contribution in [0.15, 0.2) is 65.4 Å². The van der Waals surface area contributed by atoms with Crippen molar-refractivity contribution in [3.05, 3.63) is 65.4 Å². The Morgan fingerprint density at radius 2 is 1.72 bits per heavy atom. The molecule has 0 spiro atoms. The van der Waals surface area contributed by atoms with Gasteiger partial charge < -0.3 is 0 Å². The Kier molecular flexibility index (Phi) is 4.28. The van der Waals surface area contributed by atoms with Crippen molar-refractivity contribution in [1.82, 2.24) is 15.0 Å². The van der Waals surface area contributed by atoms with E-state index >= 15 is 0 Å². The number of nitrogens with two attached hydrogens (primary N) is 1. The van der Waals surface area contributed by atoms with Crippen molar-refractivity contribution >= 4 is 54.0 Å². The zero-order chi connectivity index (χ0) is 17.4. The summed E-state index contributed by atoms with van der Waals surface area (Å²) in [6.45, 7) is 0. The average molecular weight is 453 g/mol. The molecule has 0 saturated heterocycles. The molecule has 0 radical (unpaired) electrons. The molecule has 1 atom stereocenters. The van der Waals surface area contributed by atoms with Gasteiger partial charge in [-0.3, -0.25) is 0 Å². The summed E-state index contributed by atoms with van der Waals surface area (Å²) < 4.78 is 2.28. The molecule has 122 valence electrons. The van der Waals surface area contributed by atoms with Gasteiger partial charge in [0.25, 0.3) is 0 Å². The number of aromatic nitrogens is 3. The van der Waals surface area contributed by atoms with E-state index < -0.39 is 0 Å². The molecule has 2 aromatic heterocycles. The maximum absolute atomic E-state index is 6.14. The molecule has 2 heterocycles. The van der Waals surface area contributed by atoms with E-state index in [1.165, 1.54) is 10.7 Å². The Morgan fingerprint density at radius 1 is 0.920 bits per heavy atom. The van der Waals surface area contributed by atoms with Gasteiger partial charge in [-0.2, -0.15) is 0 Å². The van der Waals surface area contributed by atoms with Crippen LogP contribution in [-0.2, 0) is 0 Å². The van der Waals surface area contributed by atoms with Crippen molar-refractivity contribution in [3.63, 3.8) is 0 Å². The van der Waals surface area contributed by atoms with Crippen LogP contribution in [0.25, 0.3) is 33.4 Å². The first-order chi connectivity index (χ1) is 12.1. The van der Waals surface area contributed by atoms with Crippen molar-refractivity contribution in [3.8, 4) is 22.4 Å². The van der Waals surface area contributed by atoms with Crippen LogP contribution in [0.4, 0.5) is 5.82 Å². The summed E-state index contributed by atoms with van der Waals surface area (Å²) >= 11 is 5.14. The van der Waals surface area contributed by atoms with Crippen molar-refractivity contribution in [1.29, 1.82) is 0 Å². The van der Waals surface area contributed by atoms with Crippen LogP contribution in [0.2, 0.25) is 0 Å². The molecule has 0 bridgehead atoms. The van der Waals surface area contributed by atoms with Gasteiger partial charge in [0.05, 0.1) is 0 Å². The van der Waals surface area contributed by atoms with E-state index in [4.69, 9.17) is 10.7 Å². The molecule has 4 aromatic rings. The van der Waals surface area contributed by atoms with Gasteiger partial charge in [-0.1, -0.05) is 0 Å². The van der Waals surface area contributed by atoms with Gasteiger partial charge >= 0.3 is 162 Å². The minimum atomic E-state index is 0.436. The van der Waals surface area contributed by atoms with Crippen LogP contribution in [0.5, 0.6) is 0 Å². The van der Waals surface area contributed by atoms with Crippen molar-refractivity contribution in [2.45, 2.75) is 0 Å². The molecule has 4 nitrogen and oxygen atoms in total. The van der Waals surface area contributed by atoms with E-state index in [-0.39, 0.29) is 0 Å². The minimum absolute atomic E-state index is 0.436. The molecule has 4 rings (SSSR count). The second-order valence-electron chi connectivity index (χ2n) is 5.64. The molecule has 0 aliphatic heterocycles. The average Bonchev–Trinajstić information content (AvgIpc) is 2.61. The topological polar surface area (TPSA) is 64.7 Å². The molecule has 25 heavy (non-hydrogen) atoms.